The first-order valence-corrected chi connectivity index (χ1v) is 11.7. The Labute approximate surface area is 214 Å². The van der Waals surface area contributed by atoms with Gasteiger partial charge in [0.2, 0.25) is 5.91 Å². The van der Waals surface area contributed by atoms with Gasteiger partial charge in [-0.2, -0.15) is 0 Å². The van der Waals surface area contributed by atoms with Crippen LogP contribution in [0.15, 0.2) is 42.5 Å². The number of hydrogen-bond donors (Lipinski definition) is 4. The van der Waals surface area contributed by atoms with Crippen molar-refractivity contribution in [2.24, 2.45) is 0 Å². The number of aliphatic hydroxyl groups excluding tert-OH is 1. The number of carbonyl (C=O) groups is 3. The molecule has 2 saturated heterocycles. The second-order valence-corrected chi connectivity index (χ2v) is 8.81. The lowest BCUT2D eigenvalue weighted by Gasteiger charge is -2.37. The van der Waals surface area contributed by atoms with Gasteiger partial charge in [-0.1, -0.05) is 12.1 Å². The number of benzene rings is 2. The van der Waals surface area contributed by atoms with Crippen molar-refractivity contribution in [3.8, 4) is 0 Å². The first-order chi connectivity index (χ1) is 16.9. The van der Waals surface area contributed by atoms with Gasteiger partial charge in [0.15, 0.2) is 12.2 Å². The molecule has 5 rings (SSSR count). The fourth-order valence-corrected chi connectivity index (χ4v) is 4.75. The summed E-state index contributed by atoms with van der Waals surface area (Å²) in [6, 6.07) is 12.3. The highest BCUT2D eigenvalue weighted by atomic mass is 35.5. The van der Waals surface area contributed by atoms with Crippen LogP contribution in [0.4, 0.5) is 17.1 Å². The average molecular weight is 514 g/mol. The number of amides is 3. The van der Waals surface area contributed by atoms with Crippen molar-refractivity contribution >= 4 is 53.0 Å². The van der Waals surface area contributed by atoms with E-state index in [9.17, 15) is 19.5 Å². The molecule has 0 aliphatic carbocycles. The number of hydrogen-bond acceptors (Lipinski definition) is 6. The normalized spacial score (nSPS) is 20.4. The van der Waals surface area contributed by atoms with Gasteiger partial charge in [-0.05, 0) is 48.7 Å². The van der Waals surface area contributed by atoms with Crippen molar-refractivity contribution in [1.29, 1.82) is 5.41 Å². The maximum atomic E-state index is 13.4. The van der Waals surface area contributed by atoms with Crippen molar-refractivity contribution in [2.75, 3.05) is 34.8 Å². The second kappa shape index (κ2) is 10.7. The zero-order chi connectivity index (χ0) is 24.5. The molecule has 0 saturated carbocycles. The van der Waals surface area contributed by atoms with Gasteiger partial charge in [0.05, 0.1) is 18.0 Å². The highest BCUT2D eigenvalue weighted by Gasteiger charge is 2.40. The van der Waals surface area contributed by atoms with E-state index >= 15 is 0 Å². The lowest BCUT2D eigenvalue weighted by Crippen LogP contribution is -2.55. The lowest BCUT2D eigenvalue weighted by atomic mass is 10.1. The van der Waals surface area contributed by atoms with Gasteiger partial charge >= 0.3 is 0 Å². The lowest BCUT2D eigenvalue weighted by molar-refractivity contribution is -0.150. The number of piperidine rings is 1. The first kappa shape index (κ1) is 25.6. The number of ether oxygens (including phenoxy) is 1. The minimum absolute atomic E-state index is 0. The molecule has 4 N–H and O–H groups in total. The minimum Gasteiger partial charge on any atom is -0.380 e. The number of nitrogens with one attached hydrogen (secondary N) is 3. The minimum atomic E-state index is -1.72. The zero-order valence-electron chi connectivity index (χ0n) is 19.5. The highest BCUT2D eigenvalue weighted by Crippen LogP contribution is 2.33. The van der Waals surface area contributed by atoms with E-state index in [1.807, 2.05) is 12.1 Å². The summed E-state index contributed by atoms with van der Waals surface area (Å²) in [6.07, 6.45) is -0.900. The second-order valence-electron chi connectivity index (χ2n) is 8.81. The number of aliphatic hydroxyl groups is 1. The summed E-state index contributed by atoms with van der Waals surface area (Å²) in [5.74, 6) is -0.959. The van der Waals surface area contributed by atoms with E-state index in [1.54, 1.807) is 35.2 Å². The Balaban J connectivity index is 0.00000304. The Kier molecular flexibility index (Phi) is 7.58. The van der Waals surface area contributed by atoms with Gasteiger partial charge in [0, 0.05) is 37.3 Å². The number of anilines is 3. The maximum absolute atomic E-state index is 13.4. The van der Waals surface area contributed by atoms with Gasteiger partial charge in [-0.25, -0.2) is 0 Å². The molecule has 11 heteroatoms. The topological polar surface area (TPSA) is 135 Å². The summed E-state index contributed by atoms with van der Waals surface area (Å²) < 4.78 is 5.54. The van der Waals surface area contributed by atoms with E-state index in [0.717, 1.165) is 24.0 Å². The number of amidine groups is 1. The van der Waals surface area contributed by atoms with Crippen molar-refractivity contribution in [2.45, 2.75) is 38.0 Å². The Morgan fingerprint density at radius 2 is 1.86 bits per heavy atom. The van der Waals surface area contributed by atoms with Crippen LogP contribution >= 0.6 is 12.4 Å². The molecular weight excluding hydrogens is 486 g/mol. The molecule has 0 bridgehead atoms. The van der Waals surface area contributed by atoms with Crippen LogP contribution in [0.25, 0.3) is 0 Å². The fourth-order valence-electron chi connectivity index (χ4n) is 4.75. The van der Waals surface area contributed by atoms with Crippen LogP contribution in [0, 0.1) is 5.41 Å². The SMILES string of the molecule is Cl.N=C1NCc2cc(NC(=O)[C@H](O)[C@H]3OCCN(c4ccccc4N4CCCCC4=O)C3=O)ccc21. The van der Waals surface area contributed by atoms with Crippen molar-refractivity contribution in [3.05, 3.63) is 53.6 Å². The summed E-state index contributed by atoms with van der Waals surface area (Å²) in [6.45, 7) is 1.44. The van der Waals surface area contributed by atoms with Gasteiger partial charge < -0.3 is 30.3 Å². The van der Waals surface area contributed by atoms with E-state index in [1.165, 1.54) is 4.90 Å². The number of rotatable bonds is 5. The Morgan fingerprint density at radius 1 is 1.11 bits per heavy atom. The largest absolute Gasteiger partial charge is 0.380 e. The summed E-state index contributed by atoms with van der Waals surface area (Å²) in [4.78, 5) is 41.9. The van der Waals surface area contributed by atoms with Crippen LogP contribution in [0.1, 0.15) is 30.4 Å². The van der Waals surface area contributed by atoms with E-state index in [2.05, 4.69) is 10.6 Å². The molecule has 36 heavy (non-hydrogen) atoms. The highest BCUT2D eigenvalue weighted by molar-refractivity contribution is 6.07. The molecule has 3 aliphatic rings. The Morgan fingerprint density at radius 3 is 2.61 bits per heavy atom. The molecule has 0 spiro atoms. The van der Waals surface area contributed by atoms with Crippen molar-refractivity contribution in [1.82, 2.24) is 5.32 Å². The van der Waals surface area contributed by atoms with Crippen LogP contribution in [0.3, 0.4) is 0 Å². The zero-order valence-corrected chi connectivity index (χ0v) is 20.3. The predicted octanol–water partition coefficient (Wildman–Crippen LogP) is 1.79. The third-order valence-electron chi connectivity index (χ3n) is 6.56. The molecule has 3 heterocycles. The molecule has 3 aliphatic heterocycles. The van der Waals surface area contributed by atoms with Crippen LogP contribution in [-0.2, 0) is 25.7 Å². The van der Waals surface area contributed by atoms with E-state index in [-0.39, 0.29) is 31.5 Å². The summed E-state index contributed by atoms with van der Waals surface area (Å²) in [7, 11) is 0. The molecule has 0 radical (unpaired) electrons. The first-order valence-electron chi connectivity index (χ1n) is 11.7. The van der Waals surface area contributed by atoms with Crippen LogP contribution in [0.5, 0.6) is 0 Å². The van der Waals surface area contributed by atoms with Crippen molar-refractivity contribution < 1.29 is 24.2 Å². The molecule has 2 aromatic rings. The molecular formula is C25H28ClN5O5. The summed E-state index contributed by atoms with van der Waals surface area (Å²) in [5.41, 5.74) is 3.28. The molecule has 190 valence electrons. The molecule has 2 atom stereocenters. The third-order valence-corrected chi connectivity index (χ3v) is 6.56. The number of carbonyl (C=O) groups excluding carboxylic acids is 3. The van der Waals surface area contributed by atoms with Crippen LogP contribution in [0.2, 0.25) is 0 Å². The van der Waals surface area contributed by atoms with Crippen LogP contribution < -0.4 is 20.4 Å². The molecule has 2 fully saturated rings. The molecule has 0 unspecified atom stereocenters. The van der Waals surface area contributed by atoms with Crippen LogP contribution in [-0.4, -0.2) is 60.6 Å². The molecule has 0 aromatic heterocycles. The van der Waals surface area contributed by atoms with Gasteiger partial charge in [0.25, 0.3) is 11.8 Å². The van der Waals surface area contributed by atoms with Gasteiger partial charge in [-0.3, -0.25) is 19.8 Å². The summed E-state index contributed by atoms with van der Waals surface area (Å²) in [5, 5.41) is 24.1. The van der Waals surface area contributed by atoms with Gasteiger partial charge in [-0.15, -0.1) is 12.4 Å². The third kappa shape index (κ3) is 4.79. The maximum Gasteiger partial charge on any atom is 0.259 e. The fraction of sp³-hybridized carbons (Fsp3) is 0.360. The standard InChI is InChI=1S/C25H27N5O5.ClH/c26-23-17-9-8-16(13-15(17)14-27-23)28-24(33)21(32)22-25(34)30(11-12-35-22)19-6-2-1-5-18(19)29-10-4-3-7-20(29)31;/h1-2,5-6,8-9,13,21-22,32H,3-4,7,10-12,14H2,(H2,26,27)(H,28,33);1H/t21-,22-;/m1./s1. The predicted molar refractivity (Wildman–Crippen MR) is 137 cm³/mol. The number of fused-ring (bicyclic) bond motifs is 1. The summed E-state index contributed by atoms with van der Waals surface area (Å²) >= 11 is 0. The Bertz CT molecular complexity index is 1210. The quantitative estimate of drug-likeness (QED) is 0.481. The molecule has 3 amide bonds. The Hall–Kier alpha value is -3.47. The number of halogens is 1. The van der Waals surface area contributed by atoms with E-state index < -0.39 is 24.0 Å². The average Bonchev–Trinajstić information content (AvgIpc) is 3.24. The smallest absolute Gasteiger partial charge is 0.259 e. The molecule has 10 nitrogen and oxygen atoms in total. The van der Waals surface area contributed by atoms with Crippen molar-refractivity contribution in [3.63, 3.8) is 0 Å². The number of para-hydroxylation sites is 2. The number of nitrogens with zero attached hydrogens (tertiary/aromatic N) is 2. The van der Waals surface area contributed by atoms with E-state index in [4.69, 9.17) is 10.1 Å². The van der Waals surface area contributed by atoms with E-state index in [0.29, 0.717) is 42.4 Å². The monoisotopic (exact) mass is 513 g/mol. The number of morpholine rings is 1. The molecule has 2 aromatic carbocycles. The van der Waals surface area contributed by atoms with Gasteiger partial charge in [0.1, 0.15) is 5.84 Å².